The van der Waals surface area contributed by atoms with Crippen molar-refractivity contribution in [2.75, 3.05) is 11.9 Å². The Morgan fingerprint density at radius 1 is 1.44 bits per heavy atom. The molecule has 2 N–H and O–H groups in total. The summed E-state index contributed by atoms with van der Waals surface area (Å²) in [7, 11) is 0. The highest BCUT2D eigenvalue weighted by Crippen LogP contribution is 2.25. The van der Waals surface area contributed by atoms with E-state index in [0.29, 0.717) is 5.69 Å². The first-order valence-electron chi connectivity index (χ1n) is 6.12. The Morgan fingerprint density at radius 3 is 2.94 bits per heavy atom. The van der Waals surface area contributed by atoms with Gasteiger partial charge in [0.15, 0.2) is 0 Å². The van der Waals surface area contributed by atoms with E-state index >= 15 is 0 Å². The SMILES string of the molecule is O=C(O)c1c(Cl)cccc1NCCC1=CCCC1. The van der Waals surface area contributed by atoms with Crippen LogP contribution in [-0.2, 0) is 0 Å². The minimum atomic E-state index is -0.997. The van der Waals surface area contributed by atoms with Gasteiger partial charge in [-0.1, -0.05) is 29.3 Å². The van der Waals surface area contributed by atoms with Gasteiger partial charge in [-0.3, -0.25) is 0 Å². The molecule has 1 aromatic carbocycles. The fourth-order valence-corrected chi connectivity index (χ4v) is 2.47. The van der Waals surface area contributed by atoms with E-state index in [-0.39, 0.29) is 10.6 Å². The maximum absolute atomic E-state index is 11.1. The number of carbonyl (C=O) groups is 1. The number of nitrogens with one attached hydrogen (secondary N) is 1. The van der Waals surface area contributed by atoms with Gasteiger partial charge in [-0.2, -0.15) is 0 Å². The number of anilines is 1. The number of benzene rings is 1. The van der Waals surface area contributed by atoms with Gasteiger partial charge in [0.05, 0.1) is 10.7 Å². The molecule has 0 unspecified atom stereocenters. The Balaban J connectivity index is 2.00. The quantitative estimate of drug-likeness (QED) is 0.793. The zero-order valence-electron chi connectivity index (χ0n) is 10.1. The van der Waals surface area contributed by atoms with Gasteiger partial charge >= 0.3 is 5.97 Å². The number of hydrogen-bond acceptors (Lipinski definition) is 2. The smallest absolute Gasteiger partial charge is 0.339 e. The molecule has 0 saturated carbocycles. The van der Waals surface area contributed by atoms with Crippen LogP contribution in [0.25, 0.3) is 0 Å². The van der Waals surface area contributed by atoms with E-state index in [1.54, 1.807) is 18.2 Å². The van der Waals surface area contributed by atoms with Crippen molar-refractivity contribution >= 4 is 23.3 Å². The lowest BCUT2D eigenvalue weighted by atomic mass is 10.1. The van der Waals surface area contributed by atoms with Crippen LogP contribution >= 0.6 is 11.6 Å². The lowest BCUT2D eigenvalue weighted by Gasteiger charge is -2.11. The second-order valence-electron chi connectivity index (χ2n) is 4.40. The zero-order valence-corrected chi connectivity index (χ0v) is 10.8. The van der Waals surface area contributed by atoms with Crippen LogP contribution in [-0.4, -0.2) is 17.6 Å². The van der Waals surface area contributed by atoms with E-state index < -0.39 is 5.97 Å². The maximum atomic E-state index is 11.1. The molecular weight excluding hydrogens is 250 g/mol. The van der Waals surface area contributed by atoms with Crippen LogP contribution < -0.4 is 5.32 Å². The maximum Gasteiger partial charge on any atom is 0.339 e. The third-order valence-electron chi connectivity index (χ3n) is 3.12. The van der Waals surface area contributed by atoms with E-state index in [2.05, 4.69) is 11.4 Å². The first kappa shape index (κ1) is 13.0. The number of hydrogen-bond donors (Lipinski definition) is 2. The number of carboxylic acid groups (broad SMARTS) is 1. The summed E-state index contributed by atoms with van der Waals surface area (Å²) >= 11 is 5.90. The van der Waals surface area contributed by atoms with Gasteiger partial charge in [-0.25, -0.2) is 4.79 Å². The van der Waals surface area contributed by atoms with Gasteiger partial charge in [-0.15, -0.1) is 0 Å². The Morgan fingerprint density at radius 2 is 2.28 bits per heavy atom. The van der Waals surface area contributed by atoms with Crippen molar-refractivity contribution in [1.29, 1.82) is 0 Å². The minimum absolute atomic E-state index is 0.152. The molecule has 0 saturated heterocycles. The van der Waals surface area contributed by atoms with E-state index in [4.69, 9.17) is 16.7 Å². The number of aromatic carboxylic acids is 1. The van der Waals surface area contributed by atoms with Gasteiger partial charge in [0.2, 0.25) is 0 Å². The van der Waals surface area contributed by atoms with E-state index in [0.717, 1.165) is 13.0 Å². The van der Waals surface area contributed by atoms with Gasteiger partial charge in [-0.05, 0) is 37.8 Å². The normalized spacial score (nSPS) is 14.4. The van der Waals surface area contributed by atoms with Crippen molar-refractivity contribution in [3.63, 3.8) is 0 Å². The third-order valence-corrected chi connectivity index (χ3v) is 3.44. The van der Waals surface area contributed by atoms with Crippen molar-refractivity contribution < 1.29 is 9.90 Å². The zero-order chi connectivity index (χ0) is 13.0. The molecule has 0 fully saturated rings. The van der Waals surface area contributed by atoms with Crippen LogP contribution in [0.5, 0.6) is 0 Å². The third kappa shape index (κ3) is 3.05. The summed E-state index contributed by atoms with van der Waals surface area (Å²) in [5.41, 5.74) is 2.20. The molecule has 4 heteroatoms. The summed E-state index contributed by atoms with van der Waals surface area (Å²) in [6.45, 7) is 0.743. The van der Waals surface area contributed by atoms with Gasteiger partial charge in [0, 0.05) is 6.54 Å². The molecule has 0 aromatic heterocycles. The Labute approximate surface area is 111 Å². The lowest BCUT2D eigenvalue weighted by molar-refractivity contribution is 0.0698. The summed E-state index contributed by atoms with van der Waals surface area (Å²) in [4.78, 5) is 11.1. The number of carboxylic acids is 1. The lowest BCUT2D eigenvalue weighted by Crippen LogP contribution is -2.08. The average Bonchev–Trinajstić information content (AvgIpc) is 2.81. The molecule has 1 aliphatic rings. The van der Waals surface area contributed by atoms with Crippen LogP contribution in [0, 0.1) is 0 Å². The summed E-state index contributed by atoms with van der Waals surface area (Å²) in [5, 5.41) is 12.5. The van der Waals surface area contributed by atoms with Gasteiger partial charge < -0.3 is 10.4 Å². The molecular formula is C14H16ClNO2. The molecule has 0 bridgehead atoms. The van der Waals surface area contributed by atoms with Crippen molar-refractivity contribution in [1.82, 2.24) is 0 Å². The average molecular weight is 266 g/mol. The van der Waals surface area contributed by atoms with Crippen LogP contribution in [0.4, 0.5) is 5.69 Å². The number of allylic oxidation sites excluding steroid dienone is 1. The summed E-state index contributed by atoms with van der Waals surface area (Å²) in [6.07, 6.45) is 6.83. The topological polar surface area (TPSA) is 49.3 Å². The fraction of sp³-hybridized carbons (Fsp3) is 0.357. The second-order valence-corrected chi connectivity index (χ2v) is 4.81. The van der Waals surface area contributed by atoms with Crippen LogP contribution in [0.2, 0.25) is 5.02 Å². The largest absolute Gasteiger partial charge is 0.478 e. The van der Waals surface area contributed by atoms with Gasteiger partial charge in [0.25, 0.3) is 0 Å². The molecule has 2 rings (SSSR count). The fourth-order valence-electron chi connectivity index (χ4n) is 2.21. The van der Waals surface area contributed by atoms with Crippen molar-refractivity contribution in [2.45, 2.75) is 25.7 Å². The standard InChI is InChI=1S/C14H16ClNO2/c15-11-6-3-7-12(13(11)14(17)18)16-9-8-10-4-1-2-5-10/h3-4,6-7,16H,1-2,5,8-9H2,(H,17,18). The molecule has 0 spiro atoms. The molecule has 1 aromatic rings. The first-order chi connectivity index (χ1) is 8.68. The molecule has 0 radical (unpaired) electrons. The molecule has 0 heterocycles. The first-order valence-corrected chi connectivity index (χ1v) is 6.50. The Kier molecular flexibility index (Phi) is 4.26. The minimum Gasteiger partial charge on any atom is -0.478 e. The van der Waals surface area contributed by atoms with Crippen LogP contribution in [0.15, 0.2) is 29.8 Å². The summed E-state index contributed by atoms with van der Waals surface area (Å²) in [5.74, 6) is -0.997. The molecule has 96 valence electrons. The molecule has 18 heavy (non-hydrogen) atoms. The second kappa shape index (κ2) is 5.91. The monoisotopic (exact) mass is 265 g/mol. The number of rotatable bonds is 5. The molecule has 0 aliphatic heterocycles. The Bertz CT molecular complexity index is 483. The molecule has 3 nitrogen and oxygen atoms in total. The highest BCUT2D eigenvalue weighted by atomic mass is 35.5. The predicted octanol–water partition coefficient (Wildman–Crippen LogP) is 3.95. The van der Waals surface area contributed by atoms with E-state index in [9.17, 15) is 4.79 Å². The highest BCUT2D eigenvalue weighted by molar-refractivity contribution is 6.34. The van der Waals surface area contributed by atoms with E-state index in [1.807, 2.05) is 0 Å². The highest BCUT2D eigenvalue weighted by Gasteiger charge is 2.14. The predicted molar refractivity (Wildman–Crippen MR) is 73.5 cm³/mol. The van der Waals surface area contributed by atoms with Crippen LogP contribution in [0.1, 0.15) is 36.0 Å². The van der Waals surface area contributed by atoms with Crippen molar-refractivity contribution in [3.05, 3.63) is 40.4 Å². The van der Waals surface area contributed by atoms with E-state index in [1.165, 1.54) is 24.8 Å². The van der Waals surface area contributed by atoms with Crippen molar-refractivity contribution in [3.8, 4) is 0 Å². The molecule has 1 aliphatic carbocycles. The Hall–Kier alpha value is -1.48. The molecule has 0 atom stereocenters. The van der Waals surface area contributed by atoms with Crippen molar-refractivity contribution in [2.24, 2.45) is 0 Å². The van der Waals surface area contributed by atoms with Gasteiger partial charge in [0.1, 0.15) is 5.56 Å². The number of halogens is 1. The summed E-state index contributed by atoms with van der Waals surface area (Å²) < 4.78 is 0. The van der Waals surface area contributed by atoms with Crippen LogP contribution in [0.3, 0.4) is 0 Å². The summed E-state index contributed by atoms with van der Waals surface area (Å²) in [6, 6.07) is 5.10. The molecule has 0 amide bonds.